The minimum Gasteiger partial charge on any atom is -0.351 e. The maximum Gasteiger partial charge on any atom is 0.289 e. The Morgan fingerprint density at radius 1 is 1.15 bits per heavy atom. The number of aromatic nitrogens is 5. The van der Waals surface area contributed by atoms with E-state index in [0.29, 0.717) is 12.5 Å². The predicted molar refractivity (Wildman–Crippen MR) is 97.2 cm³/mol. The molecule has 0 bridgehead atoms. The number of nitrogens with one attached hydrogen (secondary N) is 1. The van der Waals surface area contributed by atoms with Crippen LogP contribution in [0.25, 0.3) is 5.65 Å². The molecule has 26 heavy (non-hydrogen) atoms. The van der Waals surface area contributed by atoms with Gasteiger partial charge in [-0.25, -0.2) is 19.9 Å². The smallest absolute Gasteiger partial charge is 0.289 e. The van der Waals surface area contributed by atoms with Crippen molar-refractivity contribution in [2.75, 3.05) is 18.0 Å². The normalized spacial score (nSPS) is 17.2. The summed E-state index contributed by atoms with van der Waals surface area (Å²) in [7, 11) is 0. The second-order valence-corrected chi connectivity index (χ2v) is 6.81. The van der Waals surface area contributed by atoms with Crippen molar-refractivity contribution in [3.8, 4) is 0 Å². The van der Waals surface area contributed by atoms with Crippen LogP contribution >= 0.6 is 0 Å². The van der Waals surface area contributed by atoms with E-state index in [4.69, 9.17) is 0 Å². The van der Waals surface area contributed by atoms with Gasteiger partial charge in [-0.2, -0.15) is 0 Å². The highest BCUT2D eigenvalue weighted by molar-refractivity contribution is 5.90. The lowest BCUT2D eigenvalue weighted by molar-refractivity contribution is 0.0929. The van der Waals surface area contributed by atoms with Crippen molar-refractivity contribution in [3.63, 3.8) is 0 Å². The monoisotopic (exact) mass is 351 g/mol. The zero-order valence-corrected chi connectivity index (χ0v) is 14.8. The van der Waals surface area contributed by atoms with Gasteiger partial charge in [-0.1, -0.05) is 13.8 Å². The highest BCUT2D eigenvalue weighted by Crippen LogP contribution is 2.22. The fourth-order valence-corrected chi connectivity index (χ4v) is 3.14. The molecule has 1 amide bonds. The number of hydrogen-bond acceptors (Lipinski definition) is 6. The molecule has 1 atom stereocenters. The van der Waals surface area contributed by atoms with Crippen molar-refractivity contribution >= 4 is 17.4 Å². The second kappa shape index (κ2) is 6.70. The number of anilines is 1. The van der Waals surface area contributed by atoms with Gasteiger partial charge >= 0.3 is 0 Å². The van der Waals surface area contributed by atoms with Gasteiger partial charge in [-0.3, -0.25) is 4.79 Å². The van der Waals surface area contributed by atoms with Crippen LogP contribution in [0.4, 0.5) is 5.82 Å². The molecule has 8 heteroatoms. The first-order valence-electron chi connectivity index (χ1n) is 8.77. The molecule has 1 aliphatic rings. The van der Waals surface area contributed by atoms with Gasteiger partial charge in [0.05, 0.1) is 0 Å². The van der Waals surface area contributed by atoms with Crippen LogP contribution in [0.1, 0.15) is 42.4 Å². The van der Waals surface area contributed by atoms with E-state index in [-0.39, 0.29) is 17.8 Å². The highest BCUT2D eigenvalue weighted by atomic mass is 16.2. The van der Waals surface area contributed by atoms with Gasteiger partial charge in [0.1, 0.15) is 0 Å². The highest BCUT2D eigenvalue weighted by Gasteiger charge is 2.27. The zero-order chi connectivity index (χ0) is 18.1. The summed E-state index contributed by atoms with van der Waals surface area (Å²) in [5, 5.41) is 3.02. The van der Waals surface area contributed by atoms with E-state index < -0.39 is 0 Å². The summed E-state index contributed by atoms with van der Waals surface area (Å²) in [5.74, 6) is 1.15. The van der Waals surface area contributed by atoms with Crippen LogP contribution in [0.3, 0.4) is 0 Å². The van der Waals surface area contributed by atoms with Crippen LogP contribution in [0.15, 0.2) is 37.2 Å². The van der Waals surface area contributed by atoms with Gasteiger partial charge in [-0.15, -0.1) is 0 Å². The number of carbonyl (C=O) groups excluding carboxylic acids is 1. The Kier molecular flexibility index (Phi) is 4.24. The molecule has 1 aliphatic heterocycles. The fraction of sp³-hybridized carbons (Fsp3) is 0.389. The Labute approximate surface area is 151 Å². The number of carbonyl (C=O) groups is 1. The molecular weight excluding hydrogens is 330 g/mol. The van der Waals surface area contributed by atoms with Crippen molar-refractivity contribution in [2.45, 2.75) is 32.2 Å². The van der Waals surface area contributed by atoms with E-state index in [1.807, 2.05) is 16.8 Å². The lowest BCUT2D eigenvalue weighted by Gasteiger charge is -2.18. The molecule has 1 saturated heterocycles. The largest absolute Gasteiger partial charge is 0.351 e. The standard InChI is InChI=1S/C18H21N7O/c1-12(2)13-9-21-15(22-10-13)18(26)23-14-3-6-25(11-14)17-16-19-4-7-24(16)8-5-20-17/h4-5,7-10,12,14H,3,6,11H2,1-2H3,(H,23,26). The van der Waals surface area contributed by atoms with Gasteiger partial charge < -0.3 is 14.6 Å². The number of amides is 1. The quantitative estimate of drug-likeness (QED) is 0.769. The van der Waals surface area contributed by atoms with Gasteiger partial charge in [0.2, 0.25) is 5.82 Å². The van der Waals surface area contributed by atoms with E-state index in [1.165, 1.54) is 0 Å². The topological polar surface area (TPSA) is 88.3 Å². The Morgan fingerprint density at radius 3 is 2.62 bits per heavy atom. The fourth-order valence-electron chi connectivity index (χ4n) is 3.14. The van der Waals surface area contributed by atoms with E-state index in [2.05, 4.69) is 44.0 Å². The summed E-state index contributed by atoms with van der Waals surface area (Å²) in [6.45, 7) is 5.65. The molecule has 1 fully saturated rings. The molecule has 4 rings (SSSR count). The van der Waals surface area contributed by atoms with Gasteiger partial charge in [0.15, 0.2) is 11.5 Å². The Hall–Kier alpha value is -3.03. The van der Waals surface area contributed by atoms with Gasteiger partial charge in [-0.05, 0) is 17.9 Å². The van der Waals surface area contributed by atoms with Crippen LogP contribution < -0.4 is 10.2 Å². The van der Waals surface area contributed by atoms with E-state index >= 15 is 0 Å². The van der Waals surface area contributed by atoms with Crippen molar-refractivity contribution in [3.05, 3.63) is 48.6 Å². The Bertz CT molecular complexity index is 919. The average Bonchev–Trinajstić information content (AvgIpc) is 3.30. The van der Waals surface area contributed by atoms with Crippen molar-refractivity contribution in [2.24, 2.45) is 0 Å². The zero-order valence-electron chi connectivity index (χ0n) is 14.8. The third kappa shape index (κ3) is 3.10. The first-order valence-corrected chi connectivity index (χ1v) is 8.77. The van der Waals surface area contributed by atoms with Gasteiger partial charge in [0, 0.05) is 56.3 Å². The number of fused-ring (bicyclic) bond motifs is 1. The van der Waals surface area contributed by atoms with Crippen LogP contribution in [0.5, 0.6) is 0 Å². The van der Waals surface area contributed by atoms with Crippen molar-refractivity contribution < 1.29 is 4.79 Å². The Balaban J connectivity index is 1.42. The van der Waals surface area contributed by atoms with Crippen LogP contribution in [-0.2, 0) is 0 Å². The lowest BCUT2D eigenvalue weighted by atomic mass is 10.1. The first-order chi connectivity index (χ1) is 12.6. The van der Waals surface area contributed by atoms with Crippen molar-refractivity contribution in [1.29, 1.82) is 0 Å². The average molecular weight is 351 g/mol. The van der Waals surface area contributed by atoms with E-state index in [9.17, 15) is 4.79 Å². The molecule has 8 nitrogen and oxygen atoms in total. The van der Waals surface area contributed by atoms with Gasteiger partial charge in [0.25, 0.3) is 5.91 Å². The maximum absolute atomic E-state index is 12.4. The molecule has 0 saturated carbocycles. The van der Waals surface area contributed by atoms with Crippen molar-refractivity contribution in [1.82, 2.24) is 29.7 Å². The second-order valence-electron chi connectivity index (χ2n) is 6.81. The summed E-state index contributed by atoms with van der Waals surface area (Å²) in [6.07, 6.45) is 11.6. The van der Waals surface area contributed by atoms with Crippen LogP contribution in [0.2, 0.25) is 0 Å². The molecule has 1 unspecified atom stereocenters. The summed E-state index contributed by atoms with van der Waals surface area (Å²) in [5.41, 5.74) is 1.85. The predicted octanol–water partition coefficient (Wildman–Crippen LogP) is 1.65. The minimum absolute atomic E-state index is 0.0351. The SMILES string of the molecule is CC(C)c1cnc(C(=O)NC2CCN(c3nccn4ccnc34)C2)nc1. The summed E-state index contributed by atoms with van der Waals surface area (Å²) >= 11 is 0. The number of rotatable bonds is 4. The number of nitrogens with zero attached hydrogens (tertiary/aromatic N) is 6. The third-order valence-electron chi connectivity index (χ3n) is 4.66. The molecular formula is C18H21N7O. The maximum atomic E-state index is 12.4. The molecule has 4 heterocycles. The molecule has 134 valence electrons. The summed E-state index contributed by atoms with van der Waals surface area (Å²) < 4.78 is 1.94. The Morgan fingerprint density at radius 2 is 1.88 bits per heavy atom. The molecule has 0 radical (unpaired) electrons. The molecule has 0 spiro atoms. The van der Waals surface area contributed by atoms with E-state index in [0.717, 1.165) is 30.0 Å². The summed E-state index contributed by atoms with van der Waals surface area (Å²) in [6, 6.07) is 0.0351. The molecule has 3 aromatic rings. The minimum atomic E-state index is -0.237. The molecule has 0 aliphatic carbocycles. The molecule has 0 aromatic carbocycles. The lowest BCUT2D eigenvalue weighted by Crippen LogP contribution is -2.38. The summed E-state index contributed by atoms with van der Waals surface area (Å²) in [4.78, 5) is 31.8. The third-order valence-corrected chi connectivity index (χ3v) is 4.66. The van der Waals surface area contributed by atoms with E-state index in [1.54, 1.807) is 24.8 Å². The molecule has 3 aromatic heterocycles. The van der Waals surface area contributed by atoms with Crippen LogP contribution in [-0.4, -0.2) is 49.4 Å². The number of hydrogen-bond donors (Lipinski definition) is 1. The number of imidazole rings is 1. The van der Waals surface area contributed by atoms with Crippen LogP contribution in [0, 0.1) is 0 Å². The first kappa shape index (κ1) is 16.4. The molecule has 1 N–H and O–H groups in total.